The number of para-hydroxylation sites is 1. The van der Waals surface area contributed by atoms with Crippen molar-refractivity contribution in [1.29, 1.82) is 5.26 Å². The van der Waals surface area contributed by atoms with E-state index in [-0.39, 0.29) is 24.7 Å². The molecule has 8 heteroatoms. The van der Waals surface area contributed by atoms with E-state index in [0.717, 1.165) is 29.3 Å². The monoisotopic (exact) mass is 435 g/mol. The van der Waals surface area contributed by atoms with Crippen molar-refractivity contribution in [3.8, 4) is 6.07 Å². The normalized spacial score (nSPS) is 16.3. The number of thioether (sulfide) groups is 1. The molecule has 2 aliphatic rings. The molecule has 31 heavy (non-hydrogen) atoms. The number of hydrogen-bond acceptors (Lipinski definition) is 6. The number of rotatable bonds is 4. The Hall–Kier alpha value is -3.05. The highest BCUT2D eigenvalue weighted by Crippen LogP contribution is 2.34. The zero-order valence-corrected chi connectivity index (χ0v) is 18.2. The summed E-state index contributed by atoms with van der Waals surface area (Å²) in [6, 6.07) is 13.6. The van der Waals surface area contributed by atoms with Crippen molar-refractivity contribution < 1.29 is 9.59 Å². The SMILES string of the molecule is N#Cc1cccnc1N1CCCN(C(=O)CCC(=O)N2CCSc3ccccc32)CC1. The van der Waals surface area contributed by atoms with Gasteiger partial charge in [-0.2, -0.15) is 5.26 Å². The minimum Gasteiger partial charge on any atom is -0.354 e. The van der Waals surface area contributed by atoms with Gasteiger partial charge in [0.1, 0.15) is 11.9 Å². The molecule has 2 aliphatic heterocycles. The lowest BCUT2D eigenvalue weighted by molar-refractivity contribution is -0.133. The molecule has 0 saturated carbocycles. The Morgan fingerprint density at radius 3 is 2.71 bits per heavy atom. The molecule has 2 aromatic rings. The molecule has 7 nitrogen and oxygen atoms in total. The fourth-order valence-electron chi connectivity index (χ4n) is 4.05. The van der Waals surface area contributed by atoms with Gasteiger partial charge in [-0.1, -0.05) is 12.1 Å². The van der Waals surface area contributed by atoms with Crippen molar-refractivity contribution in [3.05, 3.63) is 48.2 Å². The van der Waals surface area contributed by atoms with Crippen LogP contribution in [-0.2, 0) is 9.59 Å². The zero-order chi connectivity index (χ0) is 21.6. The maximum atomic E-state index is 12.8. The lowest BCUT2D eigenvalue weighted by Crippen LogP contribution is -2.38. The lowest BCUT2D eigenvalue weighted by atomic mass is 10.2. The number of carbonyl (C=O) groups excluding carboxylic acids is 2. The molecular weight excluding hydrogens is 410 g/mol. The van der Waals surface area contributed by atoms with Gasteiger partial charge in [0.2, 0.25) is 11.8 Å². The highest BCUT2D eigenvalue weighted by molar-refractivity contribution is 7.99. The molecule has 0 radical (unpaired) electrons. The van der Waals surface area contributed by atoms with Gasteiger partial charge in [-0.05, 0) is 30.7 Å². The van der Waals surface area contributed by atoms with E-state index in [1.165, 1.54) is 0 Å². The Bertz CT molecular complexity index is 1010. The van der Waals surface area contributed by atoms with Gasteiger partial charge in [0.05, 0.1) is 11.3 Å². The van der Waals surface area contributed by atoms with Gasteiger partial charge in [-0.15, -0.1) is 11.8 Å². The van der Waals surface area contributed by atoms with Crippen LogP contribution in [0.25, 0.3) is 0 Å². The molecule has 3 heterocycles. The molecule has 0 bridgehead atoms. The molecule has 0 spiro atoms. The molecule has 0 N–H and O–H groups in total. The van der Waals surface area contributed by atoms with Crippen LogP contribution in [0.1, 0.15) is 24.8 Å². The fraction of sp³-hybridized carbons (Fsp3) is 0.391. The van der Waals surface area contributed by atoms with Crippen molar-refractivity contribution in [2.75, 3.05) is 48.3 Å². The van der Waals surface area contributed by atoms with E-state index in [2.05, 4.69) is 16.0 Å². The van der Waals surface area contributed by atoms with Gasteiger partial charge >= 0.3 is 0 Å². The third-order valence-electron chi connectivity index (χ3n) is 5.64. The number of hydrogen-bond donors (Lipinski definition) is 0. The highest BCUT2D eigenvalue weighted by Gasteiger charge is 2.25. The summed E-state index contributed by atoms with van der Waals surface area (Å²) in [6.45, 7) is 3.27. The summed E-state index contributed by atoms with van der Waals surface area (Å²) in [6.07, 6.45) is 2.93. The van der Waals surface area contributed by atoms with Gasteiger partial charge in [0, 0.05) is 62.4 Å². The van der Waals surface area contributed by atoms with Crippen molar-refractivity contribution in [3.63, 3.8) is 0 Å². The molecular formula is C23H25N5O2S. The number of anilines is 2. The molecule has 0 unspecified atom stereocenters. The van der Waals surface area contributed by atoms with Crippen molar-refractivity contribution in [2.24, 2.45) is 0 Å². The number of amides is 2. The minimum atomic E-state index is 0.00435. The smallest absolute Gasteiger partial charge is 0.227 e. The van der Waals surface area contributed by atoms with Crippen LogP contribution in [0.15, 0.2) is 47.5 Å². The van der Waals surface area contributed by atoms with Crippen LogP contribution in [0, 0.1) is 11.3 Å². The number of nitriles is 1. The van der Waals surface area contributed by atoms with Gasteiger partial charge in [0.25, 0.3) is 0 Å². The summed E-state index contributed by atoms with van der Waals surface area (Å²) in [4.78, 5) is 36.8. The molecule has 0 aliphatic carbocycles. The van der Waals surface area contributed by atoms with Crippen molar-refractivity contribution in [1.82, 2.24) is 9.88 Å². The second-order valence-corrected chi connectivity index (χ2v) is 8.71. The summed E-state index contributed by atoms with van der Waals surface area (Å²) in [7, 11) is 0. The maximum absolute atomic E-state index is 12.8. The summed E-state index contributed by atoms with van der Waals surface area (Å²) >= 11 is 1.76. The first kappa shape index (κ1) is 21.2. The first-order valence-electron chi connectivity index (χ1n) is 10.6. The van der Waals surface area contributed by atoms with E-state index in [9.17, 15) is 14.9 Å². The minimum absolute atomic E-state index is 0.00435. The molecule has 1 aromatic heterocycles. The van der Waals surface area contributed by atoms with E-state index in [0.29, 0.717) is 37.6 Å². The molecule has 4 rings (SSSR count). The van der Waals surface area contributed by atoms with Crippen LogP contribution >= 0.6 is 11.8 Å². The third kappa shape index (κ3) is 4.83. The van der Waals surface area contributed by atoms with E-state index < -0.39 is 0 Å². The number of benzene rings is 1. The van der Waals surface area contributed by atoms with Gasteiger partial charge in [-0.3, -0.25) is 9.59 Å². The number of nitrogens with zero attached hydrogens (tertiary/aromatic N) is 5. The average molecular weight is 436 g/mol. The summed E-state index contributed by atoms with van der Waals surface area (Å²) in [5.74, 6) is 1.56. The summed E-state index contributed by atoms with van der Waals surface area (Å²) in [5, 5.41) is 9.33. The van der Waals surface area contributed by atoms with E-state index in [1.807, 2.05) is 34.1 Å². The Morgan fingerprint density at radius 2 is 1.84 bits per heavy atom. The van der Waals surface area contributed by atoms with Crippen LogP contribution in [0.2, 0.25) is 0 Å². The highest BCUT2D eigenvalue weighted by atomic mass is 32.2. The van der Waals surface area contributed by atoms with Gasteiger partial charge < -0.3 is 14.7 Å². The summed E-state index contributed by atoms with van der Waals surface area (Å²) in [5.41, 5.74) is 1.50. The van der Waals surface area contributed by atoms with Crippen LogP contribution in [0.3, 0.4) is 0 Å². The van der Waals surface area contributed by atoms with Crippen LogP contribution < -0.4 is 9.80 Å². The number of aromatic nitrogens is 1. The number of pyridine rings is 1. The zero-order valence-electron chi connectivity index (χ0n) is 17.4. The van der Waals surface area contributed by atoms with Crippen LogP contribution in [0.5, 0.6) is 0 Å². The Kier molecular flexibility index (Phi) is 6.73. The maximum Gasteiger partial charge on any atom is 0.227 e. The Morgan fingerprint density at radius 1 is 1.00 bits per heavy atom. The Labute approximate surface area is 186 Å². The second kappa shape index (κ2) is 9.84. The predicted octanol–water partition coefficient (Wildman–Crippen LogP) is 2.91. The van der Waals surface area contributed by atoms with Crippen LogP contribution in [0.4, 0.5) is 11.5 Å². The standard InChI is InChI=1S/C23H25N5O2S/c24-17-18-5-3-10-25-23(18)27-12-4-11-26(13-14-27)21(29)8-9-22(30)28-15-16-31-20-7-2-1-6-19(20)28/h1-3,5-7,10H,4,8-9,11-16H2. The van der Waals surface area contributed by atoms with E-state index in [1.54, 1.807) is 30.1 Å². The summed E-state index contributed by atoms with van der Waals surface area (Å²) < 4.78 is 0. The van der Waals surface area contributed by atoms with Crippen molar-refractivity contribution in [2.45, 2.75) is 24.2 Å². The molecule has 2 amide bonds. The molecule has 1 aromatic carbocycles. The lowest BCUT2D eigenvalue weighted by Gasteiger charge is -2.29. The Balaban J connectivity index is 1.33. The van der Waals surface area contributed by atoms with Crippen molar-refractivity contribution >= 4 is 35.1 Å². The average Bonchev–Trinajstić information content (AvgIpc) is 3.08. The number of fused-ring (bicyclic) bond motifs is 1. The molecule has 1 saturated heterocycles. The first-order valence-corrected chi connectivity index (χ1v) is 11.6. The van der Waals surface area contributed by atoms with E-state index >= 15 is 0 Å². The topological polar surface area (TPSA) is 80.5 Å². The predicted molar refractivity (Wildman–Crippen MR) is 121 cm³/mol. The molecule has 0 atom stereocenters. The third-order valence-corrected chi connectivity index (χ3v) is 6.68. The van der Waals surface area contributed by atoms with E-state index in [4.69, 9.17) is 0 Å². The second-order valence-electron chi connectivity index (χ2n) is 7.57. The van der Waals surface area contributed by atoms with Gasteiger partial charge in [-0.25, -0.2) is 4.98 Å². The largest absolute Gasteiger partial charge is 0.354 e. The first-order chi connectivity index (χ1) is 15.2. The number of carbonyl (C=O) groups is 2. The molecule has 1 fully saturated rings. The van der Waals surface area contributed by atoms with Crippen LogP contribution in [-0.4, -0.2) is 60.2 Å². The fourth-order valence-corrected chi connectivity index (χ4v) is 5.05. The molecule has 160 valence electrons. The van der Waals surface area contributed by atoms with Gasteiger partial charge in [0.15, 0.2) is 0 Å². The quantitative estimate of drug-likeness (QED) is 0.735.